The van der Waals surface area contributed by atoms with Crippen LogP contribution in [0.1, 0.15) is 200 Å². The van der Waals surface area contributed by atoms with Crippen LogP contribution >= 0.6 is 0 Å². The number of likely N-dealkylation sites (N-methyl/N-ethyl adjacent to an activating group) is 1. The molecule has 8 heteroatoms. The lowest BCUT2D eigenvalue weighted by atomic mass is 10.1. The molecule has 0 fully saturated rings. The lowest BCUT2D eigenvalue weighted by Crippen LogP contribution is -2.55. The summed E-state index contributed by atoms with van der Waals surface area (Å²) in [6, 6.07) is -0.721. The molecular formula is C44H83NO7. The van der Waals surface area contributed by atoms with E-state index in [1.165, 1.54) is 128 Å². The number of esters is 2. The molecule has 0 saturated carbocycles. The van der Waals surface area contributed by atoms with Crippen LogP contribution in [0.3, 0.4) is 0 Å². The molecule has 0 rings (SSSR count). The lowest BCUT2D eigenvalue weighted by molar-refractivity contribution is -0.889. The summed E-state index contributed by atoms with van der Waals surface area (Å²) in [6.45, 7) is 4.65. The van der Waals surface area contributed by atoms with E-state index in [4.69, 9.17) is 14.2 Å². The Kier molecular flexibility index (Phi) is 34.7. The fraction of sp³-hybridized carbons (Fsp3) is 0.886. The third-order valence-electron chi connectivity index (χ3n) is 9.90. The van der Waals surface area contributed by atoms with Gasteiger partial charge in [-0.2, -0.15) is 0 Å². The van der Waals surface area contributed by atoms with Gasteiger partial charge in [0, 0.05) is 19.3 Å². The zero-order chi connectivity index (χ0) is 38.5. The van der Waals surface area contributed by atoms with Crippen LogP contribution in [-0.4, -0.2) is 75.5 Å². The third-order valence-corrected chi connectivity index (χ3v) is 9.90. The van der Waals surface area contributed by atoms with E-state index < -0.39 is 18.1 Å². The molecule has 0 aromatic heterocycles. The molecule has 8 nitrogen and oxygen atoms in total. The Morgan fingerprint density at radius 3 is 1.38 bits per heavy atom. The SMILES string of the molecule is CCCCCCCCCC/C=C/CCCCCCCCCC(=O)OC(COCCC(C(=O)[O-])[N+](C)(C)C)COC(=O)CCCCCCCCCCC. The average molecular weight is 738 g/mol. The second-order valence-corrected chi connectivity index (χ2v) is 15.9. The number of unbranched alkanes of at least 4 members (excludes halogenated alkanes) is 23. The molecule has 0 aliphatic heterocycles. The highest BCUT2D eigenvalue weighted by molar-refractivity contribution is 5.70. The van der Waals surface area contributed by atoms with E-state index in [0.717, 1.165) is 38.5 Å². The zero-order valence-electron chi connectivity index (χ0n) is 34.7. The van der Waals surface area contributed by atoms with E-state index in [-0.39, 0.29) is 42.7 Å². The smallest absolute Gasteiger partial charge is 0.306 e. The van der Waals surface area contributed by atoms with Gasteiger partial charge in [0.2, 0.25) is 0 Å². The van der Waals surface area contributed by atoms with E-state index in [1.54, 1.807) is 21.1 Å². The number of hydrogen-bond acceptors (Lipinski definition) is 7. The van der Waals surface area contributed by atoms with Crippen molar-refractivity contribution in [2.75, 3.05) is 41.0 Å². The molecule has 0 aromatic carbocycles. The number of carboxylic acid groups (broad SMARTS) is 1. The molecule has 0 aliphatic rings. The maximum atomic E-state index is 12.7. The number of hydrogen-bond donors (Lipinski definition) is 0. The quantitative estimate of drug-likeness (QED) is 0.0268. The van der Waals surface area contributed by atoms with E-state index in [0.29, 0.717) is 12.8 Å². The predicted octanol–water partition coefficient (Wildman–Crippen LogP) is 10.2. The molecule has 0 heterocycles. The number of quaternary nitrogens is 1. The first-order chi connectivity index (χ1) is 25.1. The molecule has 0 aliphatic carbocycles. The summed E-state index contributed by atoms with van der Waals surface area (Å²) < 4.78 is 17.1. The fourth-order valence-corrected chi connectivity index (χ4v) is 6.48. The standard InChI is InChI=1S/C44H83NO7/c1-6-8-10-12-14-16-17-18-19-20-21-22-23-24-25-27-29-31-33-35-43(47)52-40(38-50-37-36-41(44(48)49)45(3,4)5)39-51-42(46)34-32-30-28-26-15-13-11-9-7-2/h20-21,40-41H,6-19,22-39H2,1-5H3/b21-20+. The number of nitrogens with zero attached hydrogens (tertiary/aromatic N) is 1. The first-order valence-corrected chi connectivity index (χ1v) is 21.7. The Bertz CT molecular complexity index is 869. The molecule has 2 unspecified atom stereocenters. The summed E-state index contributed by atoms with van der Waals surface area (Å²) in [4.78, 5) is 36.7. The highest BCUT2D eigenvalue weighted by Gasteiger charge is 2.25. The molecule has 2 atom stereocenters. The van der Waals surface area contributed by atoms with Crippen molar-refractivity contribution < 1.29 is 38.2 Å². The van der Waals surface area contributed by atoms with Gasteiger partial charge in [-0.3, -0.25) is 9.59 Å². The van der Waals surface area contributed by atoms with Crippen molar-refractivity contribution in [1.29, 1.82) is 0 Å². The van der Waals surface area contributed by atoms with Crippen LogP contribution in [0.15, 0.2) is 12.2 Å². The van der Waals surface area contributed by atoms with Crippen LogP contribution in [-0.2, 0) is 28.6 Å². The Morgan fingerprint density at radius 2 is 0.962 bits per heavy atom. The molecule has 52 heavy (non-hydrogen) atoms. The van der Waals surface area contributed by atoms with Crippen molar-refractivity contribution >= 4 is 17.9 Å². The largest absolute Gasteiger partial charge is 0.544 e. The molecule has 0 amide bonds. The molecule has 0 aromatic rings. The minimum atomic E-state index is -1.12. The van der Waals surface area contributed by atoms with E-state index in [2.05, 4.69) is 26.0 Å². The van der Waals surface area contributed by atoms with Crippen LogP contribution in [0.5, 0.6) is 0 Å². The molecule has 0 spiro atoms. The van der Waals surface area contributed by atoms with Crippen molar-refractivity contribution in [3.8, 4) is 0 Å². The second-order valence-electron chi connectivity index (χ2n) is 15.9. The fourth-order valence-electron chi connectivity index (χ4n) is 6.48. The number of carboxylic acids is 1. The zero-order valence-corrected chi connectivity index (χ0v) is 34.7. The van der Waals surface area contributed by atoms with Crippen molar-refractivity contribution in [3.63, 3.8) is 0 Å². The number of allylic oxidation sites excluding steroid dienone is 2. The second kappa shape index (κ2) is 36.1. The number of ether oxygens (including phenoxy) is 3. The summed E-state index contributed by atoms with van der Waals surface area (Å²) in [5.41, 5.74) is 0. The lowest BCUT2D eigenvalue weighted by Gasteiger charge is -2.34. The highest BCUT2D eigenvalue weighted by Crippen LogP contribution is 2.14. The number of rotatable bonds is 39. The highest BCUT2D eigenvalue weighted by atomic mass is 16.6. The van der Waals surface area contributed by atoms with E-state index in [1.807, 2.05) is 0 Å². The van der Waals surface area contributed by atoms with Gasteiger partial charge in [0.15, 0.2) is 6.10 Å². The van der Waals surface area contributed by atoms with Crippen LogP contribution in [0.4, 0.5) is 0 Å². The Hall–Kier alpha value is -1.93. The van der Waals surface area contributed by atoms with Gasteiger partial charge in [-0.15, -0.1) is 0 Å². The van der Waals surface area contributed by atoms with Crippen molar-refractivity contribution in [2.45, 2.75) is 212 Å². The molecule has 0 bridgehead atoms. The first kappa shape index (κ1) is 50.1. The maximum Gasteiger partial charge on any atom is 0.306 e. The summed E-state index contributed by atoms with van der Waals surface area (Å²) in [5, 5.41) is 11.6. The molecule has 306 valence electrons. The van der Waals surface area contributed by atoms with Gasteiger partial charge in [-0.25, -0.2) is 0 Å². The van der Waals surface area contributed by atoms with Gasteiger partial charge in [0.05, 0.1) is 40.3 Å². The normalized spacial score (nSPS) is 13.0. The Morgan fingerprint density at radius 1 is 0.558 bits per heavy atom. The predicted molar refractivity (Wildman–Crippen MR) is 213 cm³/mol. The summed E-state index contributed by atoms with van der Waals surface area (Å²) in [5.74, 6) is -1.73. The first-order valence-electron chi connectivity index (χ1n) is 21.7. The van der Waals surface area contributed by atoms with Gasteiger partial charge in [-0.05, 0) is 38.5 Å². The molecular weight excluding hydrogens is 654 g/mol. The Labute approximate surface area is 320 Å². The van der Waals surface area contributed by atoms with Gasteiger partial charge in [0.25, 0.3) is 0 Å². The van der Waals surface area contributed by atoms with Crippen molar-refractivity contribution in [2.24, 2.45) is 0 Å². The summed E-state index contributed by atoms with van der Waals surface area (Å²) in [6.07, 6.45) is 36.7. The topological polar surface area (TPSA) is 102 Å². The maximum absolute atomic E-state index is 12.7. The van der Waals surface area contributed by atoms with Crippen molar-refractivity contribution in [1.82, 2.24) is 0 Å². The summed E-state index contributed by atoms with van der Waals surface area (Å²) in [7, 11) is 5.41. The third kappa shape index (κ3) is 33.9. The van der Waals surface area contributed by atoms with Crippen LogP contribution in [0.2, 0.25) is 0 Å². The summed E-state index contributed by atoms with van der Waals surface area (Å²) >= 11 is 0. The monoisotopic (exact) mass is 738 g/mol. The van der Waals surface area contributed by atoms with Crippen molar-refractivity contribution in [3.05, 3.63) is 12.2 Å². The minimum Gasteiger partial charge on any atom is -0.544 e. The van der Waals surface area contributed by atoms with Crippen LogP contribution < -0.4 is 5.11 Å². The van der Waals surface area contributed by atoms with Crippen LogP contribution in [0.25, 0.3) is 0 Å². The minimum absolute atomic E-state index is 0.0440. The number of carbonyl (C=O) groups is 3. The van der Waals surface area contributed by atoms with Gasteiger partial charge in [0.1, 0.15) is 12.6 Å². The van der Waals surface area contributed by atoms with E-state index in [9.17, 15) is 19.5 Å². The van der Waals surface area contributed by atoms with E-state index >= 15 is 0 Å². The number of aliphatic carboxylic acids is 1. The molecule has 0 radical (unpaired) electrons. The number of carbonyl (C=O) groups excluding carboxylic acids is 3. The Balaban J connectivity index is 4.27. The van der Waals surface area contributed by atoms with Crippen LogP contribution in [0, 0.1) is 0 Å². The van der Waals surface area contributed by atoms with Gasteiger partial charge in [-0.1, -0.05) is 154 Å². The van der Waals surface area contributed by atoms with Gasteiger partial charge >= 0.3 is 11.9 Å². The molecule has 0 N–H and O–H groups in total. The van der Waals surface area contributed by atoms with Gasteiger partial charge < -0.3 is 28.6 Å². The molecule has 0 saturated heterocycles. The average Bonchev–Trinajstić information content (AvgIpc) is 3.09.